The Bertz CT molecular complexity index is 1010. The molecule has 7 heteroatoms. The van der Waals surface area contributed by atoms with Crippen LogP contribution in [0.25, 0.3) is 11.1 Å². The molecule has 34 heavy (non-hydrogen) atoms. The summed E-state index contributed by atoms with van der Waals surface area (Å²) in [5.74, 6) is -1.39. The van der Waals surface area contributed by atoms with E-state index in [4.69, 9.17) is 4.74 Å². The molecule has 4 rings (SSSR count). The summed E-state index contributed by atoms with van der Waals surface area (Å²) in [5.41, 5.74) is 3.41. The van der Waals surface area contributed by atoms with E-state index in [2.05, 4.69) is 34.9 Å². The summed E-state index contributed by atoms with van der Waals surface area (Å²) in [7, 11) is 0. The predicted molar refractivity (Wildman–Crippen MR) is 128 cm³/mol. The molecule has 0 spiro atoms. The van der Waals surface area contributed by atoms with E-state index in [0.717, 1.165) is 41.5 Å². The van der Waals surface area contributed by atoms with Crippen molar-refractivity contribution >= 4 is 18.0 Å². The Morgan fingerprint density at radius 1 is 1.03 bits per heavy atom. The molecule has 180 valence electrons. The lowest BCUT2D eigenvalue weighted by Crippen LogP contribution is -2.53. The Kier molecular flexibility index (Phi) is 7.20. The number of carbonyl (C=O) groups excluding carboxylic acids is 2. The van der Waals surface area contributed by atoms with Gasteiger partial charge in [0.25, 0.3) is 0 Å². The summed E-state index contributed by atoms with van der Waals surface area (Å²) in [4.78, 5) is 37.0. The van der Waals surface area contributed by atoms with E-state index in [9.17, 15) is 19.5 Å². The van der Waals surface area contributed by atoms with Crippen LogP contribution in [0.15, 0.2) is 48.5 Å². The Labute approximate surface area is 199 Å². The molecule has 0 radical (unpaired) electrons. The Hall–Kier alpha value is -3.35. The first-order chi connectivity index (χ1) is 16.4. The van der Waals surface area contributed by atoms with E-state index in [0.29, 0.717) is 19.3 Å². The molecule has 2 aromatic rings. The van der Waals surface area contributed by atoms with Crippen molar-refractivity contribution in [3.63, 3.8) is 0 Å². The summed E-state index contributed by atoms with van der Waals surface area (Å²) in [6.07, 6.45) is 3.25. The number of alkyl carbamates (subject to hydrolysis) is 1. The fraction of sp³-hybridized carbons (Fsp3) is 0.444. The standard InChI is InChI=1S/C27H32N2O5/c1-2-9-18(16-24(30)29-27(25(31)32)14-7-8-15-27)28-26(33)34-17-23-21-12-5-3-10-19(21)20-11-4-6-13-22(20)23/h3-6,10-13,18,23H,2,7-9,14-17H2,1H3,(H,28,33)(H,29,30)(H,31,32)/t18-/m1/s1. The van der Waals surface area contributed by atoms with Crippen LogP contribution in [0.1, 0.15) is 68.9 Å². The number of carbonyl (C=O) groups is 3. The van der Waals surface area contributed by atoms with Crippen LogP contribution < -0.4 is 10.6 Å². The van der Waals surface area contributed by atoms with Gasteiger partial charge < -0.3 is 20.5 Å². The predicted octanol–water partition coefficient (Wildman–Crippen LogP) is 4.60. The number of ether oxygens (including phenoxy) is 1. The lowest BCUT2D eigenvalue weighted by atomic mass is 9.97. The van der Waals surface area contributed by atoms with Gasteiger partial charge in [-0.2, -0.15) is 0 Å². The number of aliphatic carboxylic acids is 1. The molecule has 1 saturated carbocycles. The lowest BCUT2D eigenvalue weighted by molar-refractivity contribution is -0.147. The Morgan fingerprint density at radius 2 is 1.62 bits per heavy atom. The second-order valence-electron chi connectivity index (χ2n) is 9.30. The number of hydrogen-bond acceptors (Lipinski definition) is 4. The third kappa shape index (κ3) is 4.93. The third-order valence-electron chi connectivity index (χ3n) is 6.98. The quantitative estimate of drug-likeness (QED) is 0.503. The third-order valence-corrected chi connectivity index (χ3v) is 6.98. The molecule has 1 atom stereocenters. The van der Waals surface area contributed by atoms with Crippen molar-refractivity contribution in [1.29, 1.82) is 0 Å². The molecule has 2 aliphatic carbocycles. The molecule has 2 amide bonds. The molecular weight excluding hydrogens is 432 g/mol. The highest BCUT2D eigenvalue weighted by Crippen LogP contribution is 2.44. The van der Waals surface area contributed by atoms with Crippen LogP contribution in [0.4, 0.5) is 4.79 Å². The van der Waals surface area contributed by atoms with Gasteiger partial charge in [0.1, 0.15) is 12.1 Å². The average molecular weight is 465 g/mol. The van der Waals surface area contributed by atoms with Crippen LogP contribution in [0.5, 0.6) is 0 Å². The van der Waals surface area contributed by atoms with E-state index >= 15 is 0 Å². The number of nitrogens with one attached hydrogen (secondary N) is 2. The van der Waals surface area contributed by atoms with E-state index in [1.54, 1.807) is 0 Å². The molecule has 3 N–H and O–H groups in total. The van der Waals surface area contributed by atoms with Crippen molar-refractivity contribution in [2.45, 2.75) is 69.4 Å². The minimum absolute atomic E-state index is 0.0209. The minimum atomic E-state index is -1.18. The van der Waals surface area contributed by atoms with E-state index in [1.807, 2.05) is 31.2 Å². The van der Waals surface area contributed by atoms with E-state index in [1.165, 1.54) is 0 Å². The highest BCUT2D eigenvalue weighted by molar-refractivity contribution is 5.87. The molecule has 1 fully saturated rings. The zero-order chi connectivity index (χ0) is 24.1. The number of amides is 2. The number of fused-ring (bicyclic) bond motifs is 3. The summed E-state index contributed by atoms with van der Waals surface area (Å²) in [5, 5.41) is 15.1. The summed E-state index contributed by atoms with van der Waals surface area (Å²) in [6, 6.07) is 15.9. The summed E-state index contributed by atoms with van der Waals surface area (Å²) < 4.78 is 5.61. The minimum Gasteiger partial charge on any atom is -0.480 e. The number of carboxylic acids is 1. The average Bonchev–Trinajstić information content (AvgIpc) is 3.41. The normalized spacial score (nSPS) is 16.9. The van der Waals surface area contributed by atoms with Crippen LogP contribution >= 0.6 is 0 Å². The van der Waals surface area contributed by atoms with Crippen molar-refractivity contribution in [3.05, 3.63) is 59.7 Å². The van der Waals surface area contributed by atoms with Gasteiger partial charge in [-0.1, -0.05) is 74.7 Å². The molecule has 2 aromatic carbocycles. The Balaban J connectivity index is 1.35. The van der Waals surface area contributed by atoms with Crippen molar-refractivity contribution < 1.29 is 24.2 Å². The maximum atomic E-state index is 12.7. The maximum Gasteiger partial charge on any atom is 0.407 e. The molecule has 7 nitrogen and oxygen atoms in total. The van der Waals surface area contributed by atoms with Crippen molar-refractivity contribution in [2.75, 3.05) is 6.61 Å². The number of benzene rings is 2. The molecule has 0 heterocycles. The van der Waals surface area contributed by atoms with Gasteiger partial charge in [-0.15, -0.1) is 0 Å². The molecule has 0 unspecified atom stereocenters. The lowest BCUT2D eigenvalue weighted by Gasteiger charge is -2.27. The second-order valence-corrected chi connectivity index (χ2v) is 9.30. The van der Waals surface area contributed by atoms with Crippen LogP contribution in [-0.4, -0.2) is 41.3 Å². The first-order valence-corrected chi connectivity index (χ1v) is 12.1. The molecule has 2 aliphatic rings. The second kappa shape index (κ2) is 10.3. The van der Waals surface area contributed by atoms with Crippen LogP contribution in [0.2, 0.25) is 0 Å². The molecule has 0 aromatic heterocycles. The summed E-state index contributed by atoms with van der Waals surface area (Å²) >= 11 is 0. The number of carboxylic acid groups (broad SMARTS) is 1. The van der Waals surface area contributed by atoms with Crippen LogP contribution in [0.3, 0.4) is 0 Å². The van der Waals surface area contributed by atoms with Crippen LogP contribution in [-0.2, 0) is 14.3 Å². The molecule has 0 saturated heterocycles. The van der Waals surface area contributed by atoms with Gasteiger partial charge in [-0.25, -0.2) is 9.59 Å². The highest BCUT2D eigenvalue weighted by atomic mass is 16.5. The van der Waals surface area contributed by atoms with Crippen LogP contribution in [0, 0.1) is 0 Å². The maximum absolute atomic E-state index is 12.7. The van der Waals surface area contributed by atoms with Gasteiger partial charge in [0, 0.05) is 18.4 Å². The van der Waals surface area contributed by atoms with E-state index < -0.39 is 23.6 Å². The van der Waals surface area contributed by atoms with Gasteiger partial charge in [0.05, 0.1) is 0 Å². The monoisotopic (exact) mass is 464 g/mol. The van der Waals surface area contributed by atoms with Crippen molar-refractivity contribution in [1.82, 2.24) is 10.6 Å². The zero-order valence-corrected chi connectivity index (χ0v) is 19.5. The highest BCUT2D eigenvalue weighted by Gasteiger charge is 2.42. The SMILES string of the molecule is CCC[C@H](CC(=O)NC1(C(=O)O)CCCC1)NC(=O)OCC1c2ccccc2-c2ccccc21. The zero-order valence-electron chi connectivity index (χ0n) is 19.5. The van der Waals surface area contributed by atoms with Gasteiger partial charge in [0.2, 0.25) is 5.91 Å². The van der Waals surface area contributed by atoms with Gasteiger partial charge >= 0.3 is 12.1 Å². The van der Waals surface area contributed by atoms with Crippen molar-refractivity contribution in [2.24, 2.45) is 0 Å². The van der Waals surface area contributed by atoms with Gasteiger partial charge in [-0.3, -0.25) is 4.79 Å². The van der Waals surface area contributed by atoms with E-state index in [-0.39, 0.29) is 24.9 Å². The first-order valence-electron chi connectivity index (χ1n) is 12.1. The smallest absolute Gasteiger partial charge is 0.407 e. The van der Waals surface area contributed by atoms with Crippen molar-refractivity contribution in [3.8, 4) is 11.1 Å². The van der Waals surface area contributed by atoms with Gasteiger partial charge in [0.15, 0.2) is 0 Å². The van der Waals surface area contributed by atoms with Gasteiger partial charge in [-0.05, 0) is 41.5 Å². The fourth-order valence-electron chi connectivity index (χ4n) is 5.29. The number of hydrogen-bond donors (Lipinski definition) is 3. The molecule has 0 bridgehead atoms. The molecular formula is C27H32N2O5. The molecule has 0 aliphatic heterocycles. The topological polar surface area (TPSA) is 105 Å². The Morgan fingerprint density at radius 3 is 2.18 bits per heavy atom. The fourth-order valence-corrected chi connectivity index (χ4v) is 5.29. The summed E-state index contributed by atoms with van der Waals surface area (Å²) in [6.45, 7) is 2.17. The first kappa shape index (κ1) is 23.8. The number of rotatable bonds is 9. The largest absolute Gasteiger partial charge is 0.480 e.